The van der Waals surface area contributed by atoms with Crippen LogP contribution in [0, 0.1) is 0 Å². The summed E-state index contributed by atoms with van der Waals surface area (Å²) >= 11 is 0. The molecule has 104 valence electrons. The number of benzene rings is 2. The summed E-state index contributed by atoms with van der Waals surface area (Å²) in [5, 5.41) is 1.93. The zero-order chi connectivity index (χ0) is 14.2. The average Bonchev–Trinajstić information content (AvgIpc) is 2.46. The first-order chi connectivity index (χ1) is 9.57. The number of hydrogen-bond acceptors (Lipinski definition) is 3. The minimum absolute atomic E-state index is 0.0590. The van der Waals surface area contributed by atoms with Gasteiger partial charge in [-0.2, -0.15) is 0 Å². The molecule has 0 spiro atoms. The Bertz CT molecular complexity index is 748. The molecule has 0 unspecified atom stereocenters. The van der Waals surface area contributed by atoms with E-state index in [1.54, 1.807) is 11.0 Å². The summed E-state index contributed by atoms with van der Waals surface area (Å²) < 4.78 is 22.9. The van der Waals surface area contributed by atoms with E-state index in [2.05, 4.69) is 0 Å². The number of rotatable bonds is 1. The summed E-state index contributed by atoms with van der Waals surface area (Å²) in [6.45, 7) is 0.564. The second-order valence-corrected chi connectivity index (χ2v) is 7.27. The first kappa shape index (κ1) is 13.1. The van der Waals surface area contributed by atoms with Crippen molar-refractivity contribution in [3.8, 4) is 0 Å². The zero-order valence-corrected chi connectivity index (χ0v) is 11.8. The number of fused-ring (bicyclic) bond motifs is 1. The highest BCUT2D eigenvalue weighted by Gasteiger charge is 2.26. The molecule has 2 aromatic rings. The Morgan fingerprint density at radius 3 is 2.35 bits per heavy atom. The lowest BCUT2D eigenvalue weighted by atomic mass is 10.0. The Labute approximate surface area is 117 Å². The maximum Gasteiger partial charge on any atom is 0.254 e. The molecule has 4 nitrogen and oxygen atoms in total. The Balaban J connectivity index is 1.94. The lowest BCUT2D eigenvalue weighted by molar-refractivity contribution is 0.0772. The molecule has 5 heteroatoms. The van der Waals surface area contributed by atoms with E-state index in [0.717, 1.165) is 10.8 Å². The monoisotopic (exact) mass is 289 g/mol. The lowest BCUT2D eigenvalue weighted by Gasteiger charge is -2.27. The van der Waals surface area contributed by atoms with Gasteiger partial charge in [0, 0.05) is 18.7 Å². The number of hydrogen-bond donors (Lipinski definition) is 0. The first-order valence-electron chi connectivity index (χ1n) is 6.54. The van der Waals surface area contributed by atoms with Crippen molar-refractivity contribution in [3.63, 3.8) is 0 Å². The third kappa shape index (κ3) is 2.41. The third-order valence-electron chi connectivity index (χ3n) is 3.65. The SMILES string of the molecule is O=C(c1cccc2ccccc12)N1CCS(=O)(=O)CC1. The molecule has 0 atom stereocenters. The second kappa shape index (κ2) is 4.90. The maximum absolute atomic E-state index is 12.6. The van der Waals surface area contributed by atoms with Crippen LogP contribution in [0.4, 0.5) is 0 Å². The van der Waals surface area contributed by atoms with Crippen LogP contribution in [0.1, 0.15) is 10.4 Å². The summed E-state index contributed by atoms with van der Waals surface area (Å²) in [5.74, 6) is 0.0317. The van der Waals surface area contributed by atoms with Crippen molar-refractivity contribution in [2.45, 2.75) is 0 Å². The molecular formula is C15H15NO3S. The van der Waals surface area contributed by atoms with Gasteiger partial charge in [-0.05, 0) is 16.8 Å². The molecule has 1 aliphatic rings. The van der Waals surface area contributed by atoms with Gasteiger partial charge in [0.2, 0.25) is 0 Å². The van der Waals surface area contributed by atoms with E-state index in [1.807, 2.05) is 36.4 Å². The van der Waals surface area contributed by atoms with Crippen LogP contribution in [0.25, 0.3) is 10.8 Å². The quantitative estimate of drug-likeness (QED) is 0.803. The van der Waals surface area contributed by atoms with E-state index in [9.17, 15) is 13.2 Å². The normalized spacial score (nSPS) is 18.1. The highest BCUT2D eigenvalue weighted by atomic mass is 32.2. The lowest BCUT2D eigenvalue weighted by Crippen LogP contribution is -2.43. The van der Waals surface area contributed by atoms with Crippen molar-refractivity contribution in [2.24, 2.45) is 0 Å². The van der Waals surface area contributed by atoms with Crippen molar-refractivity contribution < 1.29 is 13.2 Å². The fourth-order valence-electron chi connectivity index (χ4n) is 2.50. The molecule has 1 fully saturated rings. The topological polar surface area (TPSA) is 54.5 Å². The van der Waals surface area contributed by atoms with Crippen LogP contribution in [0.15, 0.2) is 42.5 Å². The number of nitrogens with zero attached hydrogens (tertiary/aromatic N) is 1. The third-order valence-corrected chi connectivity index (χ3v) is 5.26. The summed E-state index contributed by atoms with van der Waals surface area (Å²) in [6, 6.07) is 13.3. The van der Waals surface area contributed by atoms with E-state index >= 15 is 0 Å². The minimum atomic E-state index is -2.97. The highest BCUT2D eigenvalue weighted by Crippen LogP contribution is 2.20. The molecule has 1 amide bonds. The molecular weight excluding hydrogens is 274 g/mol. The first-order valence-corrected chi connectivity index (χ1v) is 8.36. The van der Waals surface area contributed by atoms with Gasteiger partial charge in [0.1, 0.15) is 0 Å². The zero-order valence-electron chi connectivity index (χ0n) is 11.0. The number of sulfone groups is 1. The smallest absolute Gasteiger partial charge is 0.254 e. The molecule has 1 heterocycles. The minimum Gasteiger partial charge on any atom is -0.337 e. The molecule has 1 saturated heterocycles. The molecule has 0 aromatic heterocycles. The molecule has 1 aliphatic heterocycles. The Kier molecular flexibility index (Phi) is 3.22. The highest BCUT2D eigenvalue weighted by molar-refractivity contribution is 7.91. The molecule has 20 heavy (non-hydrogen) atoms. The summed E-state index contributed by atoms with van der Waals surface area (Å²) in [5.41, 5.74) is 0.641. The van der Waals surface area contributed by atoms with Crippen LogP contribution in [-0.2, 0) is 9.84 Å². The van der Waals surface area contributed by atoms with Crippen molar-refractivity contribution in [1.82, 2.24) is 4.90 Å². The van der Waals surface area contributed by atoms with Crippen LogP contribution >= 0.6 is 0 Å². The largest absolute Gasteiger partial charge is 0.337 e. The van der Waals surface area contributed by atoms with Crippen LogP contribution in [0.2, 0.25) is 0 Å². The van der Waals surface area contributed by atoms with Gasteiger partial charge in [0.25, 0.3) is 5.91 Å². The number of carbonyl (C=O) groups excluding carboxylic acids is 1. The van der Waals surface area contributed by atoms with Crippen molar-refractivity contribution in [2.75, 3.05) is 24.6 Å². The molecule has 3 rings (SSSR count). The van der Waals surface area contributed by atoms with Gasteiger partial charge in [0.15, 0.2) is 9.84 Å². The molecule has 0 aliphatic carbocycles. The van der Waals surface area contributed by atoms with Gasteiger partial charge in [-0.1, -0.05) is 36.4 Å². The molecule has 0 radical (unpaired) electrons. The van der Waals surface area contributed by atoms with Gasteiger partial charge < -0.3 is 4.90 Å². The summed E-state index contributed by atoms with van der Waals surface area (Å²) in [7, 11) is -2.97. The van der Waals surface area contributed by atoms with Crippen molar-refractivity contribution >= 4 is 26.5 Å². The van der Waals surface area contributed by atoms with E-state index in [0.29, 0.717) is 5.56 Å². The summed E-state index contributed by atoms with van der Waals surface area (Å²) in [6.07, 6.45) is 0. The average molecular weight is 289 g/mol. The Morgan fingerprint density at radius 1 is 0.950 bits per heavy atom. The van der Waals surface area contributed by atoms with Gasteiger partial charge in [-0.3, -0.25) is 4.79 Å². The van der Waals surface area contributed by atoms with E-state index in [-0.39, 0.29) is 30.5 Å². The molecule has 2 aromatic carbocycles. The summed E-state index contributed by atoms with van der Waals surface area (Å²) in [4.78, 5) is 14.2. The van der Waals surface area contributed by atoms with Gasteiger partial charge in [-0.25, -0.2) is 8.42 Å². The predicted octanol–water partition coefficient (Wildman–Crippen LogP) is 1.71. The number of amides is 1. The fourth-order valence-corrected chi connectivity index (χ4v) is 3.70. The van der Waals surface area contributed by atoms with Gasteiger partial charge >= 0.3 is 0 Å². The standard InChI is InChI=1S/C15H15NO3S/c17-15(16-8-10-20(18,19)11-9-16)14-7-3-5-12-4-1-2-6-13(12)14/h1-7H,8-11H2. The predicted molar refractivity (Wildman–Crippen MR) is 78.5 cm³/mol. The Morgan fingerprint density at radius 2 is 1.60 bits per heavy atom. The van der Waals surface area contributed by atoms with E-state index in [1.165, 1.54) is 0 Å². The number of carbonyl (C=O) groups is 1. The maximum atomic E-state index is 12.6. The van der Waals surface area contributed by atoms with Crippen molar-refractivity contribution in [3.05, 3.63) is 48.0 Å². The Hall–Kier alpha value is -1.88. The van der Waals surface area contributed by atoms with Crippen LogP contribution in [0.3, 0.4) is 0 Å². The van der Waals surface area contributed by atoms with Crippen LogP contribution in [0.5, 0.6) is 0 Å². The second-order valence-electron chi connectivity index (χ2n) is 4.97. The fraction of sp³-hybridized carbons (Fsp3) is 0.267. The van der Waals surface area contributed by atoms with E-state index < -0.39 is 9.84 Å². The van der Waals surface area contributed by atoms with Gasteiger partial charge in [0.05, 0.1) is 11.5 Å². The van der Waals surface area contributed by atoms with Crippen LogP contribution < -0.4 is 0 Å². The molecule has 0 N–H and O–H groups in total. The van der Waals surface area contributed by atoms with Gasteiger partial charge in [-0.15, -0.1) is 0 Å². The molecule has 0 bridgehead atoms. The van der Waals surface area contributed by atoms with Crippen LogP contribution in [-0.4, -0.2) is 43.8 Å². The van der Waals surface area contributed by atoms with E-state index in [4.69, 9.17) is 0 Å². The molecule has 0 saturated carbocycles. The van der Waals surface area contributed by atoms with Crippen molar-refractivity contribution in [1.29, 1.82) is 0 Å².